The van der Waals surface area contributed by atoms with Gasteiger partial charge in [-0.15, -0.1) is 0 Å². The van der Waals surface area contributed by atoms with E-state index in [1.54, 1.807) is 11.0 Å². The van der Waals surface area contributed by atoms with Crippen molar-refractivity contribution in [3.05, 3.63) is 29.5 Å². The number of carbonyl (C=O) groups excluding carboxylic acids is 2. The Hall–Kier alpha value is -2.85. The van der Waals surface area contributed by atoms with Crippen LogP contribution in [-0.4, -0.2) is 77.1 Å². The number of amides is 2. The number of hydrogen-bond acceptors (Lipinski definition) is 7. The van der Waals surface area contributed by atoms with Gasteiger partial charge >= 0.3 is 6.09 Å². The summed E-state index contributed by atoms with van der Waals surface area (Å²) in [4.78, 5) is 30.4. The van der Waals surface area contributed by atoms with E-state index in [1.165, 1.54) is 4.90 Å². The van der Waals surface area contributed by atoms with E-state index in [9.17, 15) is 9.59 Å². The first-order valence-electron chi connectivity index (χ1n) is 10.1. The molecule has 0 radical (unpaired) electrons. The zero-order valence-corrected chi connectivity index (χ0v) is 18.7. The number of rotatable bonds is 3. The lowest BCUT2D eigenvalue weighted by Gasteiger charge is -2.36. The first kappa shape index (κ1) is 21.4. The van der Waals surface area contributed by atoms with Crippen molar-refractivity contribution in [2.75, 3.05) is 39.6 Å². The molecule has 10 heteroatoms. The monoisotopic (exact) mass is 446 g/mol. The third kappa shape index (κ3) is 4.91. The van der Waals surface area contributed by atoms with Gasteiger partial charge in [-0.2, -0.15) is 0 Å². The van der Waals surface area contributed by atoms with Crippen LogP contribution in [-0.2, 0) is 9.53 Å². The summed E-state index contributed by atoms with van der Waals surface area (Å²) in [5, 5.41) is 3.37. The van der Waals surface area contributed by atoms with Gasteiger partial charge in [0.2, 0.25) is 6.79 Å². The first-order valence-corrected chi connectivity index (χ1v) is 10.5. The fourth-order valence-corrected chi connectivity index (χ4v) is 3.72. The molecule has 0 saturated carbocycles. The number of nitrogens with one attached hydrogen (secondary N) is 1. The fourth-order valence-electron chi connectivity index (χ4n) is 3.47. The van der Waals surface area contributed by atoms with Crippen LogP contribution >= 0.6 is 12.2 Å². The molecule has 9 nitrogen and oxygen atoms in total. The summed E-state index contributed by atoms with van der Waals surface area (Å²) in [7, 11) is 0. The van der Waals surface area contributed by atoms with Gasteiger partial charge in [0, 0.05) is 26.2 Å². The van der Waals surface area contributed by atoms with Crippen LogP contribution < -0.4 is 14.8 Å². The minimum Gasteiger partial charge on any atom is -0.454 e. The van der Waals surface area contributed by atoms with Gasteiger partial charge in [0.05, 0.1) is 6.67 Å². The Balaban J connectivity index is 1.34. The second-order valence-corrected chi connectivity index (χ2v) is 8.95. The Bertz CT molecular complexity index is 934. The van der Waals surface area contributed by atoms with Crippen molar-refractivity contribution in [1.82, 2.24) is 20.0 Å². The van der Waals surface area contributed by atoms with Crippen LogP contribution in [0.1, 0.15) is 26.3 Å². The lowest BCUT2D eigenvalue weighted by Crippen LogP contribution is -2.53. The summed E-state index contributed by atoms with van der Waals surface area (Å²) in [6, 6.07) is 5.50. The predicted octanol–water partition coefficient (Wildman–Crippen LogP) is 1.98. The van der Waals surface area contributed by atoms with Crippen molar-refractivity contribution < 1.29 is 23.8 Å². The molecule has 2 saturated heterocycles. The summed E-state index contributed by atoms with van der Waals surface area (Å²) in [6.07, 6.45) is 1.44. The molecule has 4 rings (SSSR count). The Labute approximate surface area is 186 Å². The smallest absolute Gasteiger partial charge is 0.410 e. The molecule has 0 aliphatic carbocycles. The van der Waals surface area contributed by atoms with E-state index in [0.29, 0.717) is 55.2 Å². The maximum absolute atomic E-state index is 12.9. The molecule has 0 bridgehead atoms. The van der Waals surface area contributed by atoms with Gasteiger partial charge in [-0.25, -0.2) is 4.79 Å². The molecule has 166 valence electrons. The molecule has 2 amide bonds. The number of hydrogen-bond donors (Lipinski definition) is 1. The van der Waals surface area contributed by atoms with Gasteiger partial charge in [-0.05, 0) is 56.8 Å². The highest BCUT2D eigenvalue weighted by Gasteiger charge is 2.33. The normalized spacial score (nSPS) is 20.4. The highest BCUT2D eigenvalue weighted by Crippen LogP contribution is 2.33. The summed E-state index contributed by atoms with van der Waals surface area (Å²) < 4.78 is 16.1. The molecule has 3 aliphatic heterocycles. The number of fused-ring (bicyclic) bond motifs is 1. The lowest BCUT2D eigenvalue weighted by atomic mass is 10.1. The molecule has 3 heterocycles. The maximum atomic E-state index is 12.9. The largest absolute Gasteiger partial charge is 0.454 e. The Morgan fingerprint density at radius 1 is 1.19 bits per heavy atom. The maximum Gasteiger partial charge on any atom is 0.410 e. The zero-order chi connectivity index (χ0) is 22.2. The number of ether oxygens (including phenoxy) is 3. The third-order valence-electron chi connectivity index (χ3n) is 5.04. The molecular weight excluding hydrogens is 420 g/mol. The second kappa shape index (κ2) is 8.35. The molecule has 3 aliphatic rings. The molecule has 1 aromatic carbocycles. The lowest BCUT2D eigenvalue weighted by molar-refractivity contribution is -0.124. The molecule has 0 atom stereocenters. The highest BCUT2D eigenvalue weighted by molar-refractivity contribution is 7.80. The second-order valence-electron chi connectivity index (χ2n) is 8.56. The Morgan fingerprint density at radius 2 is 1.90 bits per heavy atom. The molecule has 31 heavy (non-hydrogen) atoms. The van der Waals surface area contributed by atoms with Gasteiger partial charge in [0.1, 0.15) is 11.3 Å². The van der Waals surface area contributed by atoms with E-state index >= 15 is 0 Å². The van der Waals surface area contributed by atoms with Crippen LogP contribution in [0.3, 0.4) is 0 Å². The van der Waals surface area contributed by atoms with Gasteiger partial charge in [-0.1, -0.05) is 6.07 Å². The van der Waals surface area contributed by atoms with Crippen molar-refractivity contribution in [3.63, 3.8) is 0 Å². The summed E-state index contributed by atoms with van der Waals surface area (Å²) in [5.41, 5.74) is 0.710. The zero-order valence-electron chi connectivity index (χ0n) is 17.8. The predicted molar refractivity (Wildman–Crippen MR) is 117 cm³/mol. The van der Waals surface area contributed by atoms with Crippen LogP contribution in [0.4, 0.5) is 4.79 Å². The van der Waals surface area contributed by atoms with Crippen LogP contribution in [0.5, 0.6) is 11.5 Å². The average molecular weight is 447 g/mol. The average Bonchev–Trinajstić information content (AvgIpc) is 3.27. The van der Waals surface area contributed by atoms with Gasteiger partial charge in [0.25, 0.3) is 5.91 Å². The van der Waals surface area contributed by atoms with Crippen molar-refractivity contribution in [3.8, 4) is 11.5 Å². The molecule has 1 aromatic rings. The van der Waals surface area contributed by atoms with Gasteiger partial charge in [-0.3, -0.25) is 14.6 Å². The topological polar surface area (TPSA) is 83.6 Å². The minimum atomic E-state index is -0.519. The van der Waals surface area contributed by atoms with E-state index in [0.717, 1.165) is 5.56 Å². The molecule has 0 aromatic heterocycles. The first-order chi connectivity index (χ1) is 14.7. The summed E-state index contributed by atoms with van der Waals surface area (Å²) >= 11 is 5.38. The van der Waals surface area contributed by atoms with Crippen LogP contribution in [0, 0.1) is 0 Å². The number of benzene rings is 1. The summed E-state index contributed by atoms with van der Waals surface area (Å²) in [5.74, 6) is 1.16. The molecule has 0 spiro atoms. The number of thiocarbonyl (C=S) groups is 1. The molecule has 2 fully saturated rings. The van der Waals surface area contributed by atoms with Crippen molar-refractivity contribution >= 4 is 35.4 Å². The third-order valence-corrected chi connectivity index (χ3v) is 5.36. The molecular formula is C21H26N4O5S. The van der Waals surface area contributed by atoms with Crippen molar-refractivity contribution in [2.24, 2.45) is 0 Å². The van der Waals surface area contributed by atoms with Crippen molar-refractivity contribution in [1.29, 1.82) is 0 Å². The Kier molecular flexibility index (Phi) is 5.76. The van der Waals surface area contributed by atoms with E-state index in [1.807, 2.05) is 39.0 Å². The van der Waals surface area contributed by atoms with Gasteiger partial charge in [0.15, 0.2) is 16.6 Å². The van der Waals surface area contributed by atoms with E-state index in [4.69, 9.17) is 26.4 Å². The van der Waals surface area contributed by atoms with E-state index in [-0.39, 0.29) is 18.8 Å². The number of nitrogens with zero attached hydrogens (tertiary/aromatic N) is 3. The summed E-state index contributed by atoms with van der Waals surface area (Å²) in [6.45, 7) is 8.46. The minimum absolute atomic E-state index is 0.183. The van der Waals surface area contributed by atoms with Crippen LogP contribution in [0.15, 0.2) is 23.9 Å². The fraction of sp³-hybridized carbons (Fsp3) is 0.476. The van der Waals surface area contributed by atoms with E-state index in [2.05, 4.69) is 10.2 Å². The molecule has 0 unspecified atom stereocenters. The number of piperazine rings is 1. The SMILES string of the molecule is CC(C)(C)OC(=O)N1CCN(CN2C(=O)C(=Cc3ccc4c(c3)OCO4)NC2=S)CC1. The number of carbonyl (C=O) groups is 2. The standard InChI is InChI=1S/C21H26N4O5S/c1-21(2,3)30-20(27)24-8-6-23(7-9-24)12-25-18(26)15(22-19(25)31)10-14-4-5-16-17(11-14)29-13-28-16/h4-5,10-11H,6-9,12-13H2,1-3H3,(H,22,31). The quantitative estimate of drug-likeness (QED) is 0.558. The van der Waals surface area contributed by atoms with Crippen LogP contribution in [0.25, 0.3) is 6.08 Å². The van der Waals surface area contributed by atoms with E-state index < -0.39 is 5.60 Å². The highest BCUT2D eigenvalue weighted by atomic mass is 32.1. The molecule has 1 N–H and O–H groups in total. The van der Waals surface area contributed by atoms with Gasteiger partial charge < -0.3 is 24.4 Å². The van der Waals surface area contributed by atoms with Crippen LogP contribution in [0.2, 0.25) is 0 Å². The van der Waals surface area contributed by atoms with Crippen molar-refractivity contribution in [2.45, 2.75) is 26.4 Å². The Morgan fingerprint density at radius 3 is 2.61 bits per heavy atom.